The Morgan fingerprint density at radius 3 is 2.71 bits per heavy atom. The number of fused-ring (bicyclic) bond motifs is 1. The van der Waals surface area contributed by atoms with Crippen molar-refractivity contribution in [1.82, 2.24) is 0 Å². The summed E-state index contributed by atoms with van der Waals surface area (Å²) in [5.41, 5.74) is 0.690. The van der Waals surface area contributed by atoms with Crippen LogP contribution in [0.2, 0.25) is 0 Å². The van der Waals surface area contributed by atoms with Crippen LogP contribution in [0.25, 0.3) is 10.8 Å². The van der Waals surface area contributed by atoms with Gasteiger partial charge >= 0.3 is 0 Å². The van der Waals surface area contributed by atoms with E-state index in [-0.39, 0.29) is 6.10 Å². The highest BCUT2D eigenvalue weighted by Gasteiger charge is 2.23. The van der Waals surface area contributed by atoms with Gasteiger partial charge in [-0.3, -0.25) is 4.79 Å². The van der Waals surface area contributed by atoms with Gasteiger partial charge in [0.1, 0.15) is 18.5 Å². The molecule has 0 N–H and O–H groups in total. The van der Waals surface area contributed by atoms with Gasteiger partial charge in [-0.05, 0) is 17.5 Å². The molecule has 0 aromatic heterocycles. The van der Waals surface area contributed by atoms with E-state index in [1.165, 1.54) is 0 Å². The van der Waals surface area contributed by atoms with Crippen LogP contribution in [-0.2, 0) is 4.74 Å². The second-order valence-corrected chi connectivity index (χ2v) is 4.08. The molecule has 1 unspecified atom stereocenters. The molecule has 2 aromatic rings. The molecule has 3 nitrogen and oxygen atoms in total. The molecular weight excluding hydrogens is 216 g/mol. The third kappa shape index (κ3) is 2.01. The van der Waals surface area contributed by atoms with Crippen LogP contribution >= 0.6 is 0 Å². The standard InChI is InChI=1S/C14H12O3/c15-7-10-5-6-14(17-9-11-8-16-11)13-4-2-1-3-12(10)13/h1-7,11H,8-9H2. The first kappa shape index (κ1) is 10.3. The Bertz CT molecular complexity index is 558. The topological polar surface area (TPSA) is 38.8 Å². The van der Waals surface area contributed by atoms with Crippen molar-refractivity contribution in [2.75, 3.05) is 13.2 Å². The largest absolute Gasteiger partial charge is 0.490 e. The molecule has 86 valence electrons. The average molecular weight is 228 g/mol. The fraction of sp³-hybridized carbons (Fsp3) is 0.214. The van der Waals surface area contributed by atoms with Crippen LogP contribution in [0, 0.1) is 0 Å². The Morgan fingerprint density at radius 1 is 1.24 bits per heavy atom. The molecule has 1 heterocycles. The van der Waals surface area contributed by atoms with Gasteiger partial charge in [-0.15, -0.1) is 0 Å². The smallest absolute Gasteiger partial charge is 0.150 e. The van der Waals surface area contributed by atoms with E-state index in [4.69, 9.17) is 9.47 Å². The monoisotopic (exact) mass is 228 g/mol. The number of hydrogen-bond donors (Lipinski definition) is 0. The Morgan fingerprint density at radius 2 is 2.00 bits per heavy atom. The zero-order valence-corrected chi connectivity index (χ0v) is 9.26. The zero-order valence-electron chi connectivity index (χ0n) is 9.26. The van der Waals surface area contributed by atoms with Crippen molar-refractivity contribution in [3.63, 3.8) is 0 Å². The predicted molar refractivity (Wildman–Crippen MR) is 64.6 cm³/mol. The van der Waals surface area contributed by atoms with Gasteiger partial charge in [0.15, 0.2) is 6.29 Å². The summed E-state index contributed by atoms with van der Waals surface area (Å²) in [7, 11) is 0. The summed E-state index contributed by atoms with van der Waals surface area (Å²) in [6.45, 7) is 1.36. The zero-order chi connectivity index (χ0) is 11.7. The van der Waals surface area contributed by atoms with Crippen molar-refractivity contribution in [3.8, 4) is 5.75 Å². The van der Waals surface area contributed by atoms with Gasteiger partial charge in [0.05, 0.1) is 6.61 Å². The minimum atomic E-state index is 0.236. The molecule has 0 aliphatic carbocycles. The van der Waals surface area contributed by atoms with Gasteiger partial charge in [0, 0.05) is 10.9 Å². The number of aldehydes is 1. The van der Waals surface area contributed by atoms with Crippen molar-refractivity contribution in [3.05, 3.63) is 42.0 Å². The van der Waals surface area contributed by atoms with Crippen molar-refractivity contribution in [2.45, 2.75) is 6.10 Å². The predicted octanol–water partition coefficient (Wildman–Crippen LogP) is 2.43. The molecule has 1 aliphatic rings. The van der Waals surface area contributed by atoms with Crippen LogP contribution in [0.3, 0.4) is 0 Å². The molecule has 1 atom stereocenters. The van der Waals surface area contributed by atoms with E-state index in [0.717, 1.165) is 29.4 Å². The molecule has 0 amide bonds. The lowest BCUT2D eigenvalue weighted by atomic mass is 10.0. The van der Waals surface area contributed by atoms with Crippen molar-refractivity contribution >= 4 is 17.1 Å². The minimum Gasteiger partial charge on any atom is -0.490 e. The molecule has 3 rings (SSSR count). The average Bonchev–Trinajstić information content (AvgIpc) is 3.20. The number of hydrogen-bond acceptors (Lipinski definition) is 3. The van der Waals surface area contributed by atoms with Gasteiger partial charge in [0.25, 0.3) is 0 Å². The summed E-state index contributed by atoms with van der Waals surface area (Å²) in [4.78, 5) is 10.9. The quantitative estimate of drug-likeness (QED) is 0.596. The molecule has 2 aromatic carbocycles. The van der Waals surface area contributed by atoms with E-state index in [1.807, 2.05) is 30.3 Å². The lowest BCUT2D eigenvalue weighted by molar-refractivity contribution is 0.112. The Hall–Kier alpha value is -1.87. The molecule has 17 heavy (non-hydrogen) atoms. The molecule has 1 fully saturated rings. The number of benzene rings is 2. The maximum atomic E-state index is 10.9. The highest BCUT2D eigenvalue weighted by molar-refractivity contribution is 6.00. The van der Waals surface area contributed by atoms with E-state index in [0.29, 0.717) is 12.2 Å². The summed E-state index contributed by atoms with van der Waals surface area (Å²) in [5, 5.41) is 1.90. The van der Waals surface area contributed by atoms with E-state index >= 15 is 0 Å². The number of ether oxygens (including phenoxy) is 2. The fourth-order valence-corrected chi connectivity index (χ4v) is 1.87. The maximum Gasteiger partial charge on any atom is 0.150 e. The first-order valence-corrected chi connectivity index (χ1v) is 5.60. The van der Waals surface area contributed by atoms with Crippen LogP contribution in [0.1, 0.15) is 10.4 Å². The second-order valence-electron chi connectivity index (χ2n) is 4.08. The highest BCUT2D eigenvalue weighted by Crippen LogP contribution is 2.28. The number of epoxide rings is 1. The molecular formula is C14H12O3. The Balaban J connectivity index is 2.02. The van der Waals surface area contributed by atoms with Crippen LogP contribution in [0.4, 0.5) is 0 Å². The van der Waals surface area contributed by atoms with Gasteiger partial charge in [-0.2, -0.15) is 0 Å². The molecule has 0 saturated carbocycles. The number of carbonyl (C=O) groups excluding carboxylic acids is 1. The van der Waals surface area contributed by atoms with Crippen molar-refractivity contribution in [2.24, 2.45) is 0 Å². The first-order valence-electron chi connectivity index (χ1n) is 5.60. The van der Waals surface area contributed by atoms with Crippen LogP contribution in [0.15, 0.2) is 36.4 Å². The van der Waals surface area contributed by atoms with Crippen LogP contribution < -0.4 is 4.74 Å². The van der Waals surface area contributed by atoms with E-state index < -0.39 is 0 Å². The summed E-state index contributed by atoms with van der Waals surface area (Å²) in [6, 6.07) is 11.4. The molecule has 0 bridgehead atoms. The lowest BCUT2D eigenvalue weighted by Crippen LogP contribution is -2.04. The summed E-state index contributed by atoms with van der Waals surface area (Å²) >= 11 is 0. The van der Waals surface area contributed by atoms with Gasteiger partial charge in [-0.25, -0.2) is 0 Å². The normalized spacial score (nSPS) is 18.0. The molecule has 1 aliphatic heterocycles. The van der Waals surface area contributed by atoms with Crippen molar-refractivity contribution in [1.29, 1.82) is 0 Å². The number of carbonyl (C=O) groups is 1. The van der Waals surface area contributed by atoms with Gasteiger partial charge in [0.2, 0.25) is 0 Å². The van der Waals surface area contributed by atoms with E-state index in [1.54, 1.807) is 6.07 Å². The third-order valence-electron chi connectivity index (χ3n) is 2.87. The third-order valence-corrected chi connectivity index (χ3v) is 2.87. The molecule has 0 spiro atoms. The van der Waals surface area contributed by atoms with E-state index in [2.05, 4.69) is 0 Å². The van der Waals surface area contributed by atoms with Gasteiger partial charge in [-0.1, -0.05) is 24.3 Å². The molecule has 3 heteroatoms. The van der Waals surface area contributed by atoms with Crippen LogP contribution in [-0.4, -0.2) is 25.6 Å². The summed E-state index contributed by atoms with van der Waals surface area (Å²) in [6.07, 6.45) is 1.11. The number of rotatable bonds is 4. The first-order chi connectivity index (χ1) is 8.38. The fourth-order valence-electron chi connectivity index (χ4n) is 1.87. The summed E-state index contributed by atoms with van der Waals surface area (Å²) < 4.78 is 10.8. The van der Waals surface area contributed by atoms with E-state index in [9.17, 15) is 4.79 Å². The lowest BCUT2D eigenvalue weighted by Gasteiger charge is -2.09. The Labute approximate surface area is 99.0 Å². The SMILES string of the molecule is O=Cc1ccc(OCC2CO2)c2ccccc12. The van der Waals surface area contributed by atoms with Crippen molar-refractivity contribution < 1.29 is 14.3 Å². The van der Waals surface area contributed by atoms with Crippen LogP contribution in [0.5, 0.6) is 5.75 Å². The Kier molecular flexibility index (Phi) is 2.53. The maximum absolute atomic E-state index is 10.9. The summed E-state index contributed by atoms with van der Waals surface area (Å²) in [5.74, 6) is 0.807. The molecule has 0 radical (unpaired) electrons. The second kappa shape index (κ2) is 4.18. The minimum absolute atomic E-state index is 0.236. The molecule has 1 saturated heterocycles. The van der Waals surface area contributed by atoms with Gasteiger partial charge < -0.3 is 9.47 Å². The highest BCUT2D eigenvalue weighted by atomic mass is 16.6.